The summed E-state index contributed by atoms with van der Waals surface area (Å²) >= 11 is 0. The van der Waals surface area contributed by atoms with Crippen molar-refractivity contribution in [1.29, 1.82) is 0 Å². The number of rotatable bonds is 6. The summed E-state index contributed by atoms with van der Waals surface area (Å²) in [4.78, 5) is 0. The summed E-state index contributed by atoms with van der Waals surface area (Å²) in [5.74, 6) is 1.16. The monoisotopic (exact) mass is 416 g/mol. The molecule has 3 rings (SSSR count). The van der Waals surface area contributed by atoms with Crippen molar-refractivity contribution in [3.63, 3.8) is 0 Å². The third-order valence-corrected chi connectivity index (χ3v) is 8.30. The second-order valence-electron chi connectivity index (χ2n) is 11.3. The lowest BCUT2D eigenvalue weighted by atomic mass is 9.59. The van der Waals surface area contributed by atoms with Crippen LogP contribution in [0.25, 0.3) is 0 Å². The van der Waals surface area contributed by atoms with Gasteiger partial charge in [-0.2, -0.15) is 0 Å². The van der Waals surface area contributed by atoms with Gasteiger partial charge in [-0.1, -0.05) is 50.6 Å². The maximum atomic E-state index is 11.5. The van der Waals surface area contributed by atoms with Gasteiger partial charge in [0.15, 0.2) is 0 Å². The Bertz CT molecular complexity index is 686. The molecule has 6 unspecified atom stereocenters. The number of hydrogen-bond donors (Lipinski definition) is 3. The van der Waals surface area contributed by atoms with Crippen LogP contribution in [-0.2, 0) is 0 Å². The van der Waals surface area contributed by atoms with Gasteiger partial charge in [-0.15, -0.1) is 0 Å². The minimum Gasteiger partial charge on any atom is -0.393 e. The summed E-state index contributed by atoms with van der Waals surface area (Å²) in [7, 11) is 0. The molecule has 6 atom stereocenters. The second-order valence-corrected chi connectivity index (χ2v) is 11.3. The number of allylic oxidation sites excluding steroid dienone is 4. The quantitative estimate of drug-likeness (QED) is 0.520. The van der Waals surface area contributed by atoms with Gasteiger partial charge in [-0.05, 0) is 93.5 Å². The minimum atomic E-state index is -0.833. The van der Waals surface area contributed by atoms with Gasteiger partial charge in [0.05, 0.1) is 17.8 Å². The highest BCUT2D eigenvalue weighted by Crippen LogP contribution is 2.60. The summed E-state index contributed by atoms with van der Waals surface area (Å²) < 4.78 is 0. The molecule has 0 bridgehead atoms. The highest BCUT2D eigenvalue weighted by atomic mass is 16.3. The first-order valence-electron chi connectivity index (χ1n) is 12.2. The molecule has 3 nitrogen and oxygen atoms in total. The Balaban J connectivity index is 1.77. The maximum Gasteiger partial charge on any atom is 0.0677 e. The van der Waals surface area contributed by atoms with E-state index in [4.69, 9.17) is 0 Å². The number of hydrogen-bond acceptors (Lipinski definition) is 3. The van der Waals surface area contributed by atoms with Crippen LogP contribution in [0.3, 0.4) is 0 Å². The topological polar surface area (TPSA) is 60.7 Å². The van der Waals surface area contributed by atoms with E-state index in [1.165, 1.54) is 16.7 Å². The van der Waals surface area contributed by atoms with Gasteiger partial charge in [0.25, 0.3) is 0 Å². The number of fused-ring (bicyclic) bond motifs is 1. The van der Waals surface area contributed by atoms with E-state index >= 15 is 0 Å². The minimum absolute atomic E-state index is 0.0900. The zero-order valence-corrected chi connectivity index (χ0v) is 19.7. The van der Waals surface area contributed by atoms with E-state index in [0.717, 1.165) is 57.8 Å². The third-order valence-electron chi connectivity index (χ3n) is 8.30. The SMILES string of the molecule is C=C1CCC(O)C/C1=C/C=C1\CCCC2(C)C1CCC2C(C)(O)CC(O)CC(C)C. The Hall–Kier alpha value is -0.900. The van der Waals surface area contributed by atoms with E-state index in [-0.39, 0.29) is 17.4 Å². The van der Waals surface area contributed by atoms with Crippen molar-refractivity contribution in [3.8, 4) is 0 Å². The standard InChI is InChI=1S/C27H44O3/c1-18(2)15-23(29)17-27(5,30)25-13-12-24-20(7-6-14-26(24,25)4)9-10-21-16-22(28)11-8-19(21)3/h9-10,18,22-25,28-30H,3,6-8,11-17H2,1-2,4-5H3/b20-9+,21-10-. The molecule has 170 valence electrons. The van der Waals surface area contributed by atoms with Gasteiger partial charge < -0.3 is 15.3 Å². The lowest BCUT2D eigenvalue weighted by molar-refractivity contribution is -0.0867. The lowest BCUT2D eigenvalue weighted by Gasteiger charge is -2.47. The molecule has 3 N–H and O–H groups in total. The number of aliphatic hydroxyl groups excluding tert-OH is 2. The Kier molecular flexibility index (Phi) is 7.37. The molecular formula is C27H44O3. The molecule has 0 spiro atoms. The Labute approximate surface area is 184 Å². The van der Waals surface area contributed by atoms with Crippen LogP contribution in [0.4, 0.5) is 0 Å². The van der Waals surface area contributed by atoms with Crippen molar-refractivity contribution in [1.82, 2.24) is 0 Å². The summed E-state index contributed by atoms with van der Waals surface area (Å²) in [6.45, 7) is 12.8. The summed E-state index contributed by atoms with van der Waals surface area (Å²) in [6.07, 6.45) is 13.1. The zero-order valence-electron chi connectivity index (χ0n) is 19.7. The molecule has 0 heterocycles. The smallest absolute Gasteiger partial charge is 0.0677 e. The van der Waals surface area contributed by atoms with Crippen LogP contribution in [0.2, 0.25) is 0 Å². The predicted molar refractivity (Wildman–Crippen MR) is 124 cm³/mol. The largest absolute Gasteiger partial charge is 0.393 e. The first kappa shape index (κ1) is 23.8. The fraction of sp³-hybridized carbons (Fsp3) is 0.778. The van der Waals surface area contributed by atoms with Crippen molar-refractivity contribution in [2.24, 2.45) is 23.2 Å². The molecule has 3 fully saturated rings. The van der Waals surface area contributed by atoms with Crippen molar-refractivity contribution < 1.29 is 15.3 Å². The highest BCUT2D eigenvalue weighted by Gasteiger charge is 2.55. The van der Waals surface area contributed by atoms with Crippen LogP contribution < -0.4 is 0 Å². The van der Waals surface area contributed by atoms with Gasteiger partial charge in [0.2, 0.25) is 0 Å². The van der Waals surface area contributed by atoms with E-state index in [0.29, 0.717) is 18.3 Å². The molecule has 3 saturated carbocycles. The van der Waals surface area contributed by atoms with Crippen LogP contribution in [0.1, 0.15) is 91.9 Å². The Morgan fingerprint density at radius 2 is 1.93 bits per heavy atom. The van der Waals surface area contributed by atoms with Crippen LogP contribution in [0, 0.1) is 23.2 Å². The summed E-state index contributed by atoms with van der Waals surface area (Å²) in [6, 6.07) is 0. The zero-order chi connectivity index (χ0) is 22.1. The summed E-state index contributed by atoms with van der Waals surface area (Å²) in [5.41, 5.74) is 3.13. The maximum absolute atomic E-state index is 11.5. The normalized spacial score (nSPS) is 38.1. The van der Waals surface area contributed by atoms with Gasteiger partial charge >= 0.3 is 0 Å². The van der Waals surface area contributed by atoms with E-state index in [9.17, 15) is 15.3 Å². The summed E-state index contributed by atoms with van der Waals surface area (Å²) in [5, 5.41) is 32.0. The van der Waals surface area contributed by atoms with Crippen LogP contribution in [0.5, 0.6) is 0 Å². The van der Waals surface area contributed by atoms with Crippen molar-refractivity contribution in [2.75, 3.05) is 0 Å². The van der Waals surface area contributed by atoms with Crippen LogP contribution >= 0.6 is 0 Å². The molecular weight excluding hydrogens is 372 g/mol. The van der Waals surface area contributed by atoms with Crippen LogP contribution in [-0.4, -0.2) is 33.1 Å². The molecule has 0 amide bonds. The second kappa shape index (κ2) is 9.30. The van der Waals surface area contributed by atoms with E-state index in [1.54, 1.807) is 0 Å². The van der Waals surface area contributed by atoms with Gasteiger partial charge in [-0.3, -0.25) is 0 Å². The van der Waals surface area contributed by atoms with Gasteiger partial charge in [-0.25, -0.2) is 0 Å². The molecule has 30 heavy (non-hydrogen) atoms. The molecule has 3 aliphatic rings. The third kappa shape index (κ3) is 5.11. The van der Waals surface area contributed by atoms with Gasteiger partial charge in [0.1, 0.15) is 0 Å². The number of aliphatic hydroxyl groups is 3. The van der Waals surface area contributed by atoms with E-state index < -0.39 is 11.7 Å². The molecule has 0 aromatic carbocycles. The average molecular weight is 417 g/mol. The molecule has 3 aliphatic carbocycles. The first-order chi connectivity index (χ1) is 14.0. The van der Waals surface area contributed by atoms with Gasteiger partial charge in [0, 0.05) is 6.42 Å². The molecule has 0 aromatic heterocycles. The fourth-order valence-corrected chi connectivity index (χ4v) is 6.90. The molecule has 0 aromatic rings. The van der Waals surface area contributed by atoms with Crippen LogP contribution in [0.15, 0.2) is 35.5 Å². The fourth-order valence-electron chi connectivity index (χ4n) is 6.90. The Morgan fingerprint density at radius 1 is 1.20 bits per heavy atom. The molecule has 0 aliphatic heterocycles. The molecule has 0 radical (unpaired) electrons. The molecule has 0 saturated heterocycles. The molecule has 3 heteroatoms. The van der Waals surface area contributed by atoms with Crippen molar-refractivity contribution in [3.05, 3.63) is 35.5 Å². The van der Waals surface area contributed by atoms with E-state index in [2.05, 4.69) is 39.5 Å². The van der Waals surface area contributed by atoms with Crippen molar-refractivity contribution >= 4 is 0 Å². The lowest BCUT2D eigenvalue weighted by Crippen LogP contribution is -2.47. The van der Waals surface area contributed by atoms with Crippen molar-refractivity contribution in [2.45, 2.75) is 110 Å². The Morgan fingerprint density at radius 3 is 2.63 bits per heavy atom. The predicted octanol–water partition coefficient (Wildman–Crippen LogP) is 5.70. The van der Waals surface area contributed by atoms with E-state index in [1.807, 2.05) is 6.92 Å². The first-order valence-corrected chi connectivity index (χ1v) is 12.2. The highest BCUT2D eigenvalue weighted by molar-refractivity contribution is 5.36. The average Bonchev–Trinajstić information content (AvgIpc) is 2.99.